The van der Waals surface area contributed by atoms with Crippen molar-refractivity contribution in [2.75, 3.05) is 32.1 Å². The van der Waals surface area contributed by atoms with Gasteiger partial charge in [0.15, 0.2) is 0 Å². The molecular formula is C22H30N2S. The first-order chi connectivity index (χ1) is 12.2. The normalized spacial score (nSPS) is 16.2. The molecule has 0 amide bonds. The largest absolute Gasteiger partial charge is 0.373 e. The molecule has 1 atom stereocenters. The molecule has 0 saturated carbocycles. The van der Waals surface area contributed by atoms with Gasteiger partial charge in [0, 0.05) is 30.7 Å². The molecule has 3 rings (SSSR count). The van der Waals surface area contributed by atoms with Crippen LogP contribution in [0.1, 0.15) is 30.9 Å². The van der Waals surface area contributed by atoms with Gasteiger partial charge in [0.25, 0.3) is 0 Å². The second-order valence-corrected chi connectivity index (χ2v) is 8.40. The molecule has 0 aromatic heterocycles. The first-order valence-electron chi connectivity index (χ1n) is 9.43. The van der Waals surface area contributed by atoms with Gasteiger partial charge in [0.05, 0.1) is 0 Å². The number of hydrogen-bond acceptors (Lipinski definition) is 3. The first kappa shape index (κ1) is 18.3. The van der Waals surface area contributed by atoms with Crippen molar-refractivity contribution >= 4 is 17.6 Å². The second kappa shape index (κ2) is 8.77. The first-order valence-corrected chi connectivity index (χ1v) is 10.2. The highest BCUT2D eigenvalue weighted by Crippen LogP contribution is 2.36. The molecule has 2 aromatic carbocycles. The van der Waals surface area contributed by atoms with Crippen molar-refractivity contribution in [1.29, 1.82) is 0 Å². The highest BCUT2D eigenvalue weighted by atomic mass is 32.2. The van der Waals surface area contributed by atoms with E-state index in [1.54, 1.807) is 11.1 Å². The third kappa shape index (κ3) is 4.80. The summed E-state index contributed by atoms with van der Waals surface area (Å²) in [6, 6.07) is 17.5. The van der Waals surface area contributed by atoms with Crippen molar-refractivity contribution in [2.24, 2.45) is 5.92 Å². The van der Waals surface area contributed by atoms with Crippen molar-refractivity contribution < 1.29 is 0 Å². The molecule has 3 heteroatoms. The Hall–Kier alpha value is -1.45. The van der Waals surface area contributed by atoms with Crippen LogP contribution in [0.15, 0.2) is 53.4 Å². The zero-order valence-corrected chi connectivity index (χ0v) is 16.6. The van der Waals surface area contributed by atoms with Gasteiger partial charge >= 0.3 is 0 Å². The van der Waals surface area contributed by atoms with Crippen LogP contribution in [0.2, 0.25) is 0 Å². The third-order valence-electron chi connectivity index (χ3n) is 5.13. The monoisotopic (exact) mass is 354 g/mol. The summed E-state index contributed by atoms with van der Waals surface area (Å²) in [5.74, 6) is 0.858. The van der Waals surface area contributed by atoms with Crippen LogP contribution in [0, 0.1) is 5.92 Å². The Kier molecular flexibility index (Phi) is 6.44. The van der Waals surface area contributed by atoms with Crippen LogP contribution in [0.25, 0.3) is 0 Å². The summed E-state index contributed by atoms with van der Waals surface area (Å²) in [4.78, 5) is 3.78. The fourth-order valence-electron chi connectivity index (χ4n) is 3.72. The Labute approximate surface area is 157 Å². The van der Waals surface area contributed by atoms with Crippen LogP contribution < -0.4 is 4.90 Å². The van der Waals surface area contributed by atoms with Gasteiger partial charge in [-0.1, -0.05) is 50.1 Å². The highest BCUT2D eigenvalue weighted by molar-refractivity contribution is 7.97. The van der Waals surface area contributed by atoms with E-state index in [1.807, 2.05) is 11.9 Å². The summed E-state index contributed by atoms with van der Waals surface area (Å²) < 4.78 is 2.38. The maximum Gasteiger partial charge on any atom is 0.0364 e. The summed E-state index contributed by atoms with van der Waals surface area (Å²) in [7, 11) is 4.38. The minimum absolute atomic E-state index is 0.858. The fraction of sp³-hybridized carbons (Fsp3) is 0.455. The molecule has 1 aliphatic rings. The Morgan fingerprint density at radius 2 is 1.76 bits per heavy atom. The van der Waals surface area contributed by atoms with Crippen LogP contribution in [0.4, 0.5) is 5.69 Å². The number of para-hydroxylation sites is 1. The summed E-state index contributed by atoms with van der Waals surface area (Å²) in [6.45, 7) is 4.37. The maximum atomic E-state index is 2.38. The van der Waals surface area contributed by atoms with Crippen LogP contribution in [-0.4, -0.2) is 31.5 Å². The van der Waals surface area contributed by atoms with E-state index >= 15 is 0 Å². The maximum absolute atomic E-state index is 2.38. The van der Waals surface area contributed by atoms with Gasteiger partial charge in [0.2, 0.25) is 0 Å². The van der Waals surface area contributed by atoms with Gasteiger partial charge in [-0.25, -0.2) is 4.31 Å². The van der Waals surface area contributed by atoms with Gasteiger partial charge in [0.1, 0.15) is 0 Å². The molecule has 1 unspecified atom stereocenters. The molecule has 2 aromatic rings. The highest BCUT2D eigenvalue weighted by Gasteiger charge is 2.23. The molecule has 25 heavy (non-hydrogen) atoms. The van der Waals surface area contributed by atoms with Gasteiger partial charge < -0.3 is 4.90 Å². The van der Waals surface area contributed by atoms with Crippen molar-refractivity contribution in [3.63, 3.8) is 0 Å². The molecule has 0 radical (unpaired) electrons. The van der Waals surface area contributed by atoms with E-state index in [0.29, 0.717) is 0 Å². The molecule has 0 saturated heterocycles. The Balaban J connectivity index is 1.56. The zero-order valence-electron chi connectivity index (χ0n) is 15.7. The van der Waals surface area contributed by atoms with E-state index in [0.717, 1.165) is 19.0 Å². The van der Waals surface area contributed by atoms with E-state index in [9.17, 15) is 0 Å². The lowest BCUT2D eigenvalue weighted by atomic mass is 10.0. The molecule has 2 nitrogen and oxygen atoms in total. The van der Waals surface area contributed by atoms with Crippen LogP contribution >= 0.6 is 11.9 Å². The number of rotatable bonds is 8. The molecule has 134 valence electrons. The minimum atomic E-state index is 0.858. The predicted octanol–water partition coefficient (Wildman–Crippen LogP) is 5.28. The van der Waals surface area contributed by atoms with E-state index in [-0.39, 0.29) is 0 Å². The van der Waals surface area contributed by atoms with E-state index in [1.165, 1.54) is 36.3 Å². The van der Waals surface area contributed by atoms with Crippen LogP contribution in [-0.2, 0) is 12.8 Å². The Bertz CT molecular complexity index is 671. The number of benzene rings is 2. The van der Waals surface area contributed by atoms with Gasteiger partial charge in [-0.2, -0.15) is 0 Å². The summed E-state index contributed by atoms with van der Waals surface area (Å²) in [5.41, 5.74) is 4.47. The average Bonchev–Trinajstić information content (AvgIpc) is 3.04. The number of fused-ring (bicyclic) bond motifs is 1. The third-order valence-corrected chi connectivity index (χ3v) is 6.20. The SMILES string of the molecule is CCCC1Cc2cccc(SN(C)CCN(C)c3ccccc3)c2C1. The summed E-state index contributed by atoms with van der Waals surface area (Å²) >= 11 is 1.91. The lowest BCUT2D eigenvalue weighted by Crippen LogP contribution is -2.27. The minimum Gasteiger partial charge on any atom is -0.373 e. The molecule has 1 aliphatic carbocycles. The number of anilines is 1. The molecule has 0 fully saturated rings. The standard InChI is InChI=1S/C22H30N2S/c1-4-9-18-16-19-10-8-13-22(21(19)17-18)25-24(3)15-14-23(2)20-11-6-5-7-12-20/h5-8,10-13,18H,4,9,14-17H2,1-3H3. The molecule has 0 bridgehead atoms. The van der Waals surface area contributed by atoms with Gasteiger partial charge in [-0.05, 0) is 67.1 Å². The Morgan fingerprint density at radius 1 is 0.960 bits per heavy atom. The molecule has 0 spiro atoms. The van der Waals surface area contributed by atoms with Crippen molar-refractivity contribution in [3.05, 3.63) is 59.7 Å². The lowest BCUT2D eigenvalue weighted by Gasteiger charge is -2.23. The molecule has 0 N–H and O–H groups in total. The van der Waals surface area contributed by atoms with Crippen LogP contribution in [0.3, 0.4) is 0 Å². The van der Waals surface area contributed by atoms with Crippen molar-refractivity contribution in [2.45, 2.75) is 37.5 Å². The number of hydrogen-bond donors (Lipinski definition) is 0. The van der Waals surface area contributed by atoms with Gasteiger partial charge in [-0.3, -0.25) is 0 Å². The fourth-order valence-corrected chi connectivity index (χ4v) is 4.69. The number of nitrogens with zero attached hydrogens (tertiary/aromatic N) is 2. The molecule has 0 aliphatic heterocycles. The topological polar surface area (TPSA) is 6.48 Å². The van der Waals surface area contributed by atoms with Crippen LogP contribution in [0.5, 0.6) is 0 Å². The van der Waals surface area contributed by atoms with E-state index < -0.39 is 0 Å². The predicted molar refractivity (Wildman–Crippen MR) is 110 cm³/mol. The summed E-state index contributed by atoms with van der Waals surface area (Å²) in [5, 5.41) is 0. The quantitative estimate of drug-likeness (QED) is 0.596. The average molecular weight is 355 g/mol. The molecular weight excluding hydrogens is 324 g/mol. The number of likely N-dealkylation sites (N-methyl/N-ethyl adjacent to an activating group) is 2. The zero-order chi connectivity index (χ0) is 17.6. The lowest BCUT2D eigenvalue weighted by molar-refractivity contribution is 0.505. The van der Waals surface area contributed by atoms with Crippen molar-refractivity contribution in [3.8, 4) is 0 Å². The van der Waals surface area contributed by atoms with E-state index in [2.05, 4.69) is 78.8 Å². The van der Waals surface area contributed by atoms with Gasteiger partial charge in [-0.15, -0.1) is 0 Å². The van der Waals surface area contributed by atoms with E-state index in [4.69, 9.17) is 0 Å². The molecule has 0 heterocycles. The second-order valence-electron chi connectivity index (χ2n) is 7.16. The van der Waals surface area contributed by atoms with Crippen molar-refractivity contribution in [1.82, 2.24) is 4.31 Å². The Morgan fingerprint density at radius 3 is 2.52 bits per heavy atom. The summed E-state index contributed by atoms with van der Waals surface area (Å²) in [6.07, 6.45) is 5.20. The smallest absolute Gasteiger partial charge is 0.0364 e.